The molecule has 0 spiro atoms. The summed E-state index contributed by atoms with van der Waals surface area (Å²) in [5.74, 6) is -0.0968. The van der Waals surface area contributed by atoms with E-state index in [-0.39, 0.29) is 18.1 Å². The topological polar surface area (TPSA) is 73.1 Å². The van der Waals surface area contributed by atoms with Crippen LogP contribution >= 0.6 is 11.3 Å². The molecule has 4 nitrogen and oxygen atoms in total. The summed E-state index contributed by atoms with van der Waals surface area (Å²) in [6.45, 7) is -0.0257. The smallest absolute Gasteiger partial charge is 0.186 e. The first-order valence-electron chi connectivity index (χ1n) is 5.97. The van der Waals surface area contributed by atoms with Crippen LogP contribution in [0, 0.1) is 0 Å². The Labute approximate surface area is 115 Å². The molecule has 98 valence electrons. The van der Waals surface area contributed by atoms with Crippen LogP contribution in [0.1, 0.15) is 31.5 Å². The second-order valence-corrected chi connectivity index (χ2v) is 5.12. The Morgan fingerprint density at radius 2 is 1.84 bits per heavy atom. The number of thiophene rings is 1. The molecule has 0 aromatic carbocycles. The standard InChI is InChI=1S/C14H14N2O2S/c15-9-12(18)14-7-6-13(19-14)11(17)5-4-10-3-1-2-8-16-10/h1-3,6-8H,4-5,9,15H2. The molecule has 0 saturated heterocycles. The van der Waals surface area contributed by atoms with E-state index in [1.807, 2.05) is 18.2 Å². The van der Waals surface area contributed by atoms with Gasteiger partial charge < -0.3 is 5.73 Å². The summed E-state index contributed by atoms with van der Waals surface area (Å²) in [5, 5.41) is 0. The van der Waals surface area contributed by atoms with Gasteiger partial charge in [-0.3, -0.25) is 14.6 Å². The van der Waals surface area contributed by atoms with Crippen molar-refractivity contribution in [3.05, 3.63) is 52.0 Å². The molecule has 0 saturated carbocycles. The Kier molecular flexibility index (Phi) is 4.54. The highest BCUT2D eigenvalue weighted by molar-refractivity contribution is 7.16. The molecule has 0 bridgehead atoms. The molecule has 0 amide bonds. The first-order valence-corrected chi connectivity index (χ1v) is 6.78. The number of aromatic nitrogens is 1. The SMILES string of the molecule is NCC(=O)c1ccc(C(=O)CCc2ccccn2)s1. The van der Waals surface area contributed by atoms with Gasteiger partial charge in [0, 0.05) is 18.3 Å². The molecule has 2 aromatic rings. The van der Waals surface area contributed by atoms with Crippen LogP contribution in [-0.4, -0.2) is 23.1 Å². The average Bonchev–Trinajstić information content (AvgIpc) is 2.95. The molecule has 0 aliphatic rings. The normalized spacial score (nSPS) is 10.4. The number of aryl methyl sites for hydroxylation is 1. The summed E-state index contributed by atoms with van der Waals surface area (Å²) >= 11 is 1.21. The fourth-order valence-electron chi connectivity index (χ4n) is 1.65. The van der Waals surface area contributed by atoms with Gasteiger partial charge in [-0.25, -0.2) is 0 Å². The summed E-state index contributed by atoms with van der Waals surface area (Å²) in [6, 6.07) is 8.98. The zero-order chi connectivity index (χ0) is 13.7. The minimum atomic E-state index is -0.131. The largest absolute Gasteiger partial charge is 0.324 e. The van der Waals surface area contributed by atoms with Gasteiger partial charge >= 0.3 is 0 Å². The summed E-state index contributed by atoms with van der Waals surface area (Å²) in [6.07, 6.45) is 2.72. The lowest BCUT2D eigenvalue weighted by atomic mass is 10.1. The third-order valence-corrected chi connectivity index (χ3v) is 3.84. The van der Waals surface area contributed by atoms with Crippen LogP contribution in [-0.2, 0) is 6.42 Å². The van der Waals surface area contributed by atoms with E-state index in [9.17, 15) is 9.59 Å². The Morgan fingerprint density at radius 1 is 1.11 bits per heavy atom. The maximum atomic E-state index is 12.0. The number of carbonyl (C=O) groups is 2. The molecule has 2 heterocycles. The van der Waals surface area contributed by atoms with Gasteiger partial charge in [-0.05, 0) is 30.7 Å². The molecule has 2 N–H and O–H groups in total. The van der Waals surface area contributed by atoms with E-state index in [0.717, 1.165) is 5.69 Å². The molecule has 2 aromatic heterocycles. The van der Waals surface area contributed by atoms with Crippen LogP contribution < -0.4 is 5.73 Å². The lowest BCUT2D eigenvalue weighted by molar-refractivity contribution is 0.0984. The molecule has 0 fully saturated rings. The van der Waals surface area contributed by atoms with Gasteiger partial charge in [-0.1, -0.05) is 6.07 Å². The van der Waals surface area contributed by atoms with Gasteiger partial charge in [0.15, 0.2) is 11.6 Å². The van der Waals surface area contributed by atoms with Crippen molar-refractivity contribution in [2.45, 2.75) is 12.8 Å². The van der Waals surface area contributed by atoms with E-state index in [2.05, 4.69) is 4.98 Å². The number of hydrogen-bond acceptors (Lipinski definition) is 5. The van der Waals surface area contributed by atoms with Crippen molar-refractivity contribution >= 4 is 22.9 Å². The van der Waals surface area contributed by atoms with Crippen molar-refractivity contribution in [3.63, 3.8) is 0 Å². The van der Waals surface area contributed by atoms with E-state index < -0.39 is 0 Å². The second-order valence-electron chi connectivity index (χ2n) is 4.04. The fraction of sp³-hybridized carbons (Fsp3) is 0.214. The van der Waals surface area contributed by atoms with Crippen LogP contribution in [0.15, 0.2) is 36.5 Å². The summed E-state index contributed by atoms with van der Waals surface area (Å²) in [5.41, 5.74) is 6.18. The van der Waals surface area contributed by atoms with E-state index in [1.54, 1.807) is 18.3 Å². The molecule has 0 unspecified atom stereocenters. The number of nitrogens with two attached hydrogens (primary N) is 1. The third kappa shape index (κ3) is 3.56. The number of Topliss-reactive ketones (excluding diaryl/α,β-unsaturated/α-hetero) is 2. The first kappa shape index (κ1) is 13.6. The second kappa shape index (κ2) is 6.36. The van der Waals surface area contributed by atoms with Gasteiger partial charge in [0.05, 0.1) is 16.3 Å². The van der Waals surface area contributed by atoms with Crippen molar-refractivity contribution < 1.29 is 9.59 Å². The molecule has 0 atom stereocenters. The zero-order valence-corrected chi connectivity index (χ0v) is 11.2. The zero-order valence-electron chi connectivity index (χ0n) is 10.3. The lowest BCUT2D eigenvalue weighted by Crippen LogP contribution is -2.11. The minimum Gasteiger partial charge on any atom is -0.324 e. The Bertz CT molecular complexity index is 578. The number of carbonyl (C=O) groups excluding carboxylic acids is 2. The predicted molar refractivity (Wildman–Crippen MR) is 74.6 cm³/mol. The van der Waals surface area contributed by atoms with Gasteiger partial charge in [0.1, 0.15) is 0 Å². The molecular formula is C14H14N2O2S. The van der Waals surface area contributed by atoms with E-state index in [4.69, 9.17) is 5.73 Å². The number of rotatable bonds is 6. The highest BCUT2D eigenvalue weighted by Gasteiger charge is 2.12. The van der Waals surface area contributed by atoms with Crippen molar-refractivity contribution in [2.24, 2.45) is 5.73 Å². The van der Waals surface area contributed by atoms with E-state index in [0.29, 0.717) is 22.6 Å². The van der Waals surface area contributed by atoms with Crippen molar-refractivity contribution in [3.8, 4) is 0 Å². The van der Waals surface area contributed by atoms with Gasteiger partial charge in [-0.2, -0.15) is 0 Å². The van der Waals surface area contributed by atoms with Crippen LogP contribution in [0.3, 0.4) is 0 Å². The quantitative estimate of drug-likeness (QED) is 0.819. The highest BCUT2D eigenvalue weighted by Crippen LogP contribution is 2.19. The summed E-state index contributed by atoms with van der Waals surface area (Å²) < 4.78 is 0. The van der Waals surface area contributed by atoms with Crippen molar-refractivity contribution in [1.29, 1.82) is 0 Å². The van der Waals surface area contributed by atoms with E-state index >= 15 is 0 Å². The lowest BCUT2D eigenvalue weighted by Gasteiger charge is -1.98. The van der Waals surface area contributed by atoms with Crippen LogP contribution in [0.4, 0.5) is 0 Å². The summed E-state index contributed by atoms with van der Waals surface area (Å²) in [4.78, 5) is 28.7. The Hall–Kier alpha value is -1.85. The van der Waals surface area contributed by atoms with Crippen LogP contribution in [0.5, 0.6) is 0 Å². The molecule has 2 rings (SSSR count). The first-order chi connectivity index (χ1) is 9.20. The Balaban J connectivity index is 1.97. The van der Waals surface area contributed by atoms with Crippen molar-refractivity contribution in [1.82, 2.24) is 4.98 Å². The van der Waals surface area contributed by atoms with Crippen LogP contribution in [0.2, 0.25) is 0 Å². The number of nitrogens with zero attached hydrogens (tertiary/aromatic N) is 1. The number of pyridine rings is 1. The molecule has 0 radical (unpaired) electrons. The number of ketones is 2. The molecular weight excluding hydrogens is 260 g/mol. The van der Waals surface area contributed by atoms with Crippen LogP contribution in [0.25, 0.3) is 0 Å². The fourth-order valence-corrected chi connectivity index (χ4v) is 2.57. The molecule has 0 aliphatic heterocycles. The maximum Gasteiger partial charge on any atom is 0.186 e. The molecule has 19 heavy (non-hydrogen) atoms. The number of hydrogen-bond donors (Lipinski definition) is 1. The predicted octanol–water partition coefficient (Wildman–Crippen LogP) is 2.10. The third-order valence-electron chi connectivity index (χ3n) is 2.68. The highest BCUT2D eigenvalue weighted by atomic mass is 32.1. The minimum absolute atomic E-state index is 0.0257. The van der Waals surface area contributed by atoms with Gasteiger partial charge in [0.25, 0.3) is 0 Å². The molecule has 0 aliphatic carbocycles. The summed E-state index contributed by atoms with van der Waals surface area (Å²) in [7, 11) is 0. The van der Waals surface area contributed by atoms with Gasteiger partial charge in [-0.15, -0.1) is 11.3 Å². The molecule has 5 heteroatoms. The Morgan fingerprint density at radius 3 is 2.47 bits per heavy atom. The maximum absolute atomic E-state index is 12.0. The van der Waals surface area contributed by atoms with E-state index in [1.165, 1.54) is 11.3 Å². The van der Waals surface area contributed by atoms with Crippen molar-refractivity contribution in [2.75, 3.05) is 6.54 Å². The average molecular weight is 274 g/mol. The van der Waals surface area contributed by atoms with Gasteiger partial charge in [0.2, 0.25) is 0 Å². The monoisotopic (exact) mass is 274 g/mol.